The lowest BCUT2D eigenvalue weighted by atomic mass is 10.2. The van der Waals surface area contributed by atoms with Gasteiger partial charge >= 0.3 is 0 Å². The molecular weight excluding hydrogens is 477 g/mol. The van der Waals surface area contributed by atoms with Gasteiger partial charge < -0.3 is 20.1 Å². The molecule has 0 spiro atoms. The summed E-state index contributed by atoms with van der Waals surface area (Å²) in [5.74, 6) is -1.44. The van der Waals surface area contributed by atoms with Crippen molar-refractivity contribution in [2.45, 2.75) is 11.8 Å². The monoisotopic (exact) mass is 501 g/mol. The van der Waals surface area contributed by atoms with Gasteiger partial charge in [0.1, 0.15) is 22.2 Å². The first-order valence-corrected chi connectivity index (χ1v) is 12.0. The summed E-state index contributed by atoms with van der Waals surface area (Å²) in [7, 11) is -2.76. The standard InChI is InChI=1S/C24H24FN3O6S/c1-3-34-18-11-8-16(9-12-18)28-35(31,32)22-14-17(10-13-21(22)33-2)27-23(29)15-26-24(30)19-6-4-5-7-20(19)25/h4-14,28H,3,15H2,1-2H3,(H,26,30)(H,27,29). The van der Waals surface area contributed by atoms with E-state index < -0.39 is 34.2 Å². The molecule has 0 radical (unpaired) electrons. The second-order valence-corrected chi connectivity index (χ2v) is 8.79. The van der Waals surface area contributed by atoms with Crippen molar-refractivity contribution in [2.24, 2.45) is 0 Å². The molecule has 3 N–H and O–H groups in total. The molecule has 0 aliphatic rings. The number of carbonyl (C=O) groups excluding carboxylic acids is 2. The van der Waals surface area contributed by atoms with Crippen LogP contribution >= 0.6 is 0 Å². The van der Waals surface area contributed by atoms with Crippen LogP contribution in [0.4, 0.5) is 15.8 Å². The molecule has 184 valence electrons. The predicted octanol–water partition coefficient (Wildman–Crippen LogP) is 3.40. The van der Waals surface area contributed by atoms with Gasteiger partial charge in [0.25, 0.3) is 15.9 Å². The molecule has 0 atom stereocenters. The van der Waals surface area contributed by atoms with Gasteiger partial charge in [-0.2, -0.15) is 0 Å². The third-order valence-corrected chi connectivity index (χ3v) is 6.08. The largest absolute Gasteiger partial charge is 0.495 e. The Bertz CT molecular complexity index is 1310. The van der Waals surface area contributed by atoms with Crippen molar-refractivity contribution in [1.82, 2.24) is 5.32 Å². The lowest BCUT2D eigenvalue weighted by molar-refractivity contribution is -0.115. The summed E-state index contributed by atoms with van der Waals surface area (Å²) in [6, 6.07) is 15.8. The molecule has 0 heterocycles. The van der Waals surface area contributed by atoms with Crippen LogP contribution < -0.4 is 24.8 Å². The van der Waals surface area contributed by atoms with E-state index in [4.69, 9.17) is 9.47 Å². The minimum atomic E-state index is -4.08. The van der Waals surface area contributed by atoms with Crippen molar-refractivity contribution in [3.63, 3.8) is 0 Å². The molecule has 35 heavy (non-hydrogen) atoms. The zero-order valence-corrected chi connectivity index (χ0v) is 19.8. The number of hydrogen-bond donors (Lipinski definition) is 3. The fourth-order valence-corrected chi connectivity index (χ4v) is 4.32. The minimum absolute atomic E-state index is 0.0642. The molecule has 0 saturated carbocycles. The average Bonchev–Trinajstić information content (AvgIpc) is 2.84. The molecule has 3 aromatic carbocycles. The molecule has 0 aromatic heterocycles. The van der Waals surface area contributed by atoms with Crippen molar-refractivity contribution in [3.05, 3.63) is 78.1 Å². The highest BCUT2D eigenvalue weighted by molar-refractivity contribution is 7.92. The van der Waals surface area contributed by atoms with Crippen LogP contribution in [0.2, 0.25) is 0 Å². The van der Waals surface area contributed by atoms with E-state index in [2.05, 4.69) is 15.4 Å². The maximum atomic E-state index is 13.7. The second kappa shape index (κ2) is 11.3. The third kappa shape index (κ3) is 6.70. The Hall–Kier alpha value is -4.12. The van der Waals surface area contributed by atoms with Crippen LogP contribution in [-0.2, 0) is 14.8 Å². The van der Waals surface area contributed by atoms with Crippen LogP contribution in [0.1, 0.15) is 17.3 Å². The molecule has 0 saturated heterocycles. The molecule has 0 aliphatic carbocycles. The van der Waals surface area contributed by atoms with E-state index in [1.54, 1.807) is 24.3 Å². The highest BCUT2D eigenvalue weighted by Crippen LogP contribution is 2.29. The molecule has 3 aromatic rings. The minimum Gasteiger partial charge on any atom is -0.495 e. The first-order valence-electron chi connectivity index (χ1n) is 10.5. The second-order valence-electron chi connectivity index (χ2n) is 7.14. The van der Waals surface area contributed by atoms with E-state index in [9.17, 15) is 22.4 Å². The summed E-state index contributed by atoms with van der Waals surface area (Å²) < 4.78 is 52.7. The molecule has 9 nitrogen and oxygen atoms in total. The van der Waals surface area contributed by atoms with E-state index in [1.165, 1.54) is 43.5 Å². The van der Waals surface area contributed by atoms with Crippen molar-refractivity contribution >= 4 is 33.2 Å². The van der Waals surface area contributed by atoms with Gasteiger partial charge in [0.2, 0.25) is 5.91 Å². The first kappa shape index (κ1) is 25.5. The fraction of sp³-hybridized carbons (Fsp3) is 0.167. The van der Waals surface area contributed by atoms with Crippen molar-refractivity contribution in [1.29, 1.82) is 0 Å². The summed E-state index contributed by atoms with van der Waals surface area (Å²) in [6.45, 7) is 1.87. The van der Waals surface area contributed by atoms with Gasteiger partial charge in [-0.1, -0.05) is 12.1 Å². The Morgan fingerprint density at radius 1 is 0.971 bits per heavy atom. The molecule has 0 bridgehead atoms. The first-order chi connectivity index (χ1) is 16.7. The Morgan fingerprint density at radius 2 is 1.66 bits per heavy atom. The molecule has 0 unspecified atom stereocenters. The van der Waals surface area contributed by atoms with Crippen molar-refractivity contribution in [2.75, 3.05) is 30.3 Å². The highest BCUT2D eigenvalue weighted by Gasteiger charge is 2.21. The summed E-state index contributed by atoms with van der Waals surface area (Å²) in [4.78, 5) is 24.2. The van der Waals surface area contributed by atoms with E-state index >= 15 is 0 Å². The Balaban J connectivity index is 1.71. The number of ether oxygens (including phenoxy) is 2. The van der Waals surface area contributed by atoms with Crippen LogP contribution in [-0.4, -0.2) is 40.5 Å². The van der Waals surface area contributed by atoms with E-state index in [0.717, 1.165) is 6.07 Å². The molecule has 3 rings (SSSR count). The van der Waals surface area contributed by atoms with Gasteiger partial charge in [-0.15, -0.1) is 0 Å². The van der Waals surface area contributed by atoms with Gasteiger partial charge in [-0.3, -0.25) is 14.3 Å². The quantitative estimate of drug-likeness (QED) is 0.391. The number of benzene rings is 3. The van der Waals surface area contributed by atoms with Gasteiger partial charge in [0.05, 0.1) is 25.8 Å². The third-order valence-electron chi connectivity index (χ3n) is 4.68. The number of rotatable bonds is 10. The lowest BCUT2D eigenvalue weighted by Crippen LogP contribution is -2.33. The van der Waals surface area contributed by atoms with Crippen LogP contribution in [0.15, 0.2) is 71.6 Å². The zero-order chi connectivity index (χ0) is 25.4. The maximum absolute atomic E-state index is 13.7. The van der Waals surface area contributed by atoms with Crippen LogP contribution in [0.3, 0.4) is 0 Å². The van der Waals surface area contributed by atoms with Gasteiger partial charge in [0, 0.05) is 11.4 Å². The summed E-state index contributed by atoms with van der Waals surface area (Å²) in [5, 5.41) is 4.82. The maximum Gasteiger partial charge on any atom is 0.265 e. The molecule has 0 aliphatic heterocycles. The number of halogens is 1. The number of methoxy groups -OCH3 is 1. The summed E-state index contributed by atoms with van der Waals surface area (Å²) >= 11 is 0. The number of sulfonamides is 1. The number of hydrogen-bond acceptors (Lipinski definition) is 6. The topological polar surface area (TPSA) is 123 Å². The number of nitrogens with one attached hydrogen (secondary N) is 3. The lowest BCUT2D eigenvalue weighted by Gasteiger charge is -2.14. The average molecular weight is 502 g/mol. The molecule has 11 heteroatoms. The molecule has 0 fully saturated rings. The summed E-state index contributed by atoms with van der Waals surface area (Å²) in [6.07, 6.45) is 0. The smallest absolute Gasteiger partial charge is 0.265 e. The number of carbonyl (C=O) groups is 2. The zero-order valence-electron chi connectivity index (χ0n) is 19.0. The van der Waals surface area contributed by atoms with Crippen LogP contribution in [0.25, 0.3) is 0 Å². The fourth-order valence-electron chi connectivity index (χ4n) is 3.07. The Labute approximate surface area is 202 Å². The van der Waals surface area contributed by atoms with Crippen molar-refractivity contribution < 1.29 is 31.9 Å². The normalized spacial score (nSPS) is 10.8. The van der Waals surface area contributed by atoms with E-state index in [1.807, 2.05) is 6.92 Å². The molecular formula is C24H24FN3O6S. The highest BCUT2D eigenvalue weighted by atomic mass is 32.2. The van der Waals surface area contributed by atoms with Gasteiger partial charge in [-0.05, 0) is 61.5 Å². The van der Waals surface area contributed by atoms with Crippen LogP contribution in [0, 0.1) is 5.82 Å². The van der Waals surface area contributed by atoms with E-state index in [0.29, 0.717) is 18.0 Å². The molecule has 2 amide bonds. The summed E-state index contributed by atoms with van der Waals surface area (Å²) in [5.41, 5.74) is 0.266. The van der Waals surface area contributed by atoms with Gasteiger partial charge in [-0.25, -0.2) is 12.8 Å². The number of anilines is 2. The predicted molar refractivity (Wildman–Crippen MR) is 129 cm³/mol. The van der Waals surface area contributed by atoms with Crippen molar-refractivity contribution in [3.8, 4) is 11.5 Å². The Morgan fingerprint density at radius 3 is 2.31 bits per heavy atom. The number of amides is 2. The Kier molecular flexibility index (Phi) is 8.26. The SMILES string of the molecule is CCOc1ccc(NS(=O)(=O)c2cc(NC(=O)CNC(=O)c3ccccc3F)ccc2OC)cc1. The van der Waals surface area contributed by atoms with Gasteiger partial charge in [0.15, 0.2) is 0 Å². The van der Waals surface area contributed by atoms with E-state index in [-0.39, 0.29) is 21.9 Å². The van der Waals surface area contributed by atoms with Crippen LogP contribution in [0.5, 0.6) is 11.5 Å².